The maximum absolute atomic E-state index is 5.42. The summed E-state index contributed by atoms with van der Waals surface area (Å²) in [6.45, 7) is 4.13. The number of morpholine rings is 1. The van der Waals surface area contributed by atoms with Crippen molar-refractivity contribution in [1.29, 1.82) is 0 Å². The highest BCUT2D eigenvalue weighted by Crippen LogP contribution is 2.25. The van der Waals surface area contributed by atoms with E-state index in [4.69, 9.17) is 14.7 Å². The molecule has 1 aliphatic rings. The van der Waals surface area contributed by atoms with Crippen LogP contribution in [0.2, 0.25) is 0 Å². The van der Waals surface area contributed by atoms with Crippen LogP contribution >= 0.6 is 15.9 Å². The van der Waals surface area contributed by atoms with Crippen molar-refractivity contribution in [3.63, 3.8) is 0 Å². The Hall–Kier alpha value is -2.02. The minimum absolute atomic E-state index is 0.739. The normalized spacial score (nSPS) is 15.4. The molecule has 5 nitrogen and oxygen atoms in total. The van der Waals surface area contributed by atoms with E-state index in [0.717, 1.165) is 65.6 Å². The summed E-state index contributed by atoms with van der Waals surface area (Å²) in [5.41, 5.74) is 1.96. The summed E-state index contributed by atoms with van der Waals surface area (Å²) in [5.74, 6) is 1.68. The van der Waals surface area contributed by atoms with Crippen LogP contribution in [0.1, 0.15) is 5.82 Å². The molecule has 0 aliphatic carbocycles. The highest BCUT2D eigenvalue weighted by Gasteiger charge is 2.14. The predicted octanol–water partition coefficient (Wildman–Crippen LogP) is 3.97. The molecule has 1 fully saturated rings. The molecule has 0 saturated carbocycles. The minimum atomic E-state index is 0.739. The molecular formula is C19H19BrN4O. The molecule has 1 N–H and O–H groups in total. The molecule has 0 radical (unpaired) electrons. The third kappa shape index (κ3) is 3.98. The van der Waals surface area contributed by atoms with E-state index < -0.39 is 0 Å². The highest BCUT2D eigenvalue weighted by molar-refractivity contribution is 9.10. The van der Waals surface area contributed by atoms with Gasteiger partial charge >= 0.3 is 0 Å². The SMILES string of the molecule is Brc1ccc(Nc2nc(CN3CCOCC3)nc3ccccc23)cc1. The fraction of sp³-hybridized carbons (Fsp3) is 0.263. The van der Waals surface area contributed by atoms with E-state index in [2.05, 4.69) is 32.2 Å². The fourth-order valence-corrected chi connectivity index (χ4v) is 3.18. The number of benzene rings is 2. The van der Waals surface area contributed by atoms with Gasteiger partial charge in [0.25, 0.3) is 0 Å². The maximum atomic E-state index is 5.42. The number of nitrogens with zero attached hydrogens (tertiary/aromatic N) is 3. The Labute approximate surface area is 155 Å². The third-order valence-corrected chi connectivity index (χ3v) is 4.75. The zero-order valence-corrected chi connectivity index (χ0v) is 15.4. The molecule has 0 amide bonds. The molecule has 1 aromatic heterocycles. The smallest absolute Gasteiger partial charge is 0.145 e. The van der Waals surface area contributed by atoms with Gasteiger partial charge in [0.05, 0.1) is 25.3 Å². The summed E-state index contributed by atoms with van der Waals surface area (Å²) in [6, 6.07) is 16.2. The first-order valence-corrected chi connectivity index (χ1v) is 9.15. The van der Waals surface area contributed by atoms with E-state index in [1.807, 2.05) is 42.5 Å². The molecule has 2 aromatic carbocycles. The second-order valence-electron chi connectivity index (χ2n) is 6.03. The summed E-state index contributed by atoms with van der Waals surface area (Å²) < 4.78 is 6.48. The Balaban J connectivity index is 1.66. The van der Waals surface area contributed by atoms with Crippen LogP contribution in [0.5, 0.6) is 0 Å². The zero-order valence-electron chi connectivity index (χ0n) is 13.8. The van der Waals surface area contributed by atoms with Crippen LogP contribution in [0.3, 0.4) is 0 Å². The average Bonchev–Trinajstić information content (AvgIpc) is 2.64. The van der Waals surface area contributed by atoms with Crippen molar-refractivity contribution in [2.24, 2.45) is 0 Å². The number of ether oxygens (including phenoxy) is 1. The number of hydrogen-bond donors (Lipinski definition) is 1. The molecule has 0 bridgehead atoms. The molecule has 1 aliphatic heterocycles. The number of rotatable bonds is 4. The summed E-state index contributed by atoms with van der Waals surface area (Å²) in [5, 5.41) is 4.46. The van der Waals surface area contributed by atoms with E-state index in [1.165, 1.54) is 0 Å². The van der Waals surface area contributed by atoms with Gasteiger partial charge in [0.1, 0.15) is 11.6 Å². The largest absolute Gasteiger partial charge is 0.379 e. The van der Waals surface area contributed by atoms with E-state index in [0.29, 0.717) is 0 Å². The van der Waals surface area contributed by atoms with Crippen molar-refractivity contribution in [3.05, 3.63) is 58.8 Å². The average molecular weight is 399 g/mol. The van der Waals surface area contributed by atoms with Gasteiger partial charge in [-0.2, -0.15) is 0 Å². The minimum Gasteiger partial charge on any atom is -0.379 e. The van der Waals surface area contributed by atoms with Crippen molar-refractivity contribution < 1.29 is 4.74 Å². The Morgan fingerprint density at radius 3 is 2.56 bits per heavy atom. The predicted molar refractivity (Wildman–Crippen MR) is 103 cm³/mol. The van der Waals surface area contributed by atoms with Crippen molar-refractivity contribution in [3.8, 4) is 0 Å². The highest BCUT2D eigenvalue weighted by atomic mass is 79.9. The van der Waals surface area contributed by atoms with Gasteiger partial charge in [-0.15, -0.1) is 0 Å². The van der Waals surface area contributed by atoms with Crippen molar-refractivity contribution in [2.45, 2.75) is 6.54 Å². The van der Waals surface area contributed by atoms with Gasteiger partial charge in [-0.05, 0) is 36.4 Å². The number of halogens is 1. The number of para-hydroxylation sites is 1. The van der Waals surface area contributed by atoms with Crippen molar-refractivity contribution in [2.75, 3.05) is 31.6 Å². The molecule has 0 spiro atoms. The Kier molecular flexibility index (Phi) is 4.92. The van der Waals surface area contributed by atoms with Crippen LogP contribution in [-0.2, 0) is 11.3 Å². The number of nitrogens with one attached hydrogen (secondary N) is 1. The zero-order chi connectivity index (χ0) is 17.1. The number of hydrogen-bond acceptors (Lipinski definition) is 5. The molecule has 2 heterocycles. The monoisotopic (exact) mass is 398 g/mol. The Bertz CT molecular complexity index is 863. The quantitative estimate of drug-likeness (QED) is 0.720. The van der Waals surface area contributed by atoms with Gasteiger partial charge in [-0.3, -0.25) is 4.90 Å². The third-order valence-electron chi connectivity index (χ3n) is 4.23. The molecule has 6 heteroatoms. The molecule has 1 saturated heterocycles. The standard InChI is InChI=1S/C19H19BrN4O/c20-14-5-7-15(8-6-14)21-19-16-3-1-2-4-17(16)22-18(23-19)13-24-9-11-25-12-10-24/h1-8H,9-13H2,(H,21,22,23). The van der Waals surface area contributed by atoms with E-state index >= 15 is 0 Å². The van der Waals surface area contributed by atoms with Gasteiger partial charge in [-0.25, -0.2) is 9.97 Å². The van der Waals surface area contributed by atoms with Crippen LogP contribution in [0.15, 0.2) is 53.0 Å². The van der Waals surface area contributed by atoms with Crippen LogP contribution in [0.4, 0.5) is 11.5 Å². The molecule has 4 rings (SSSR count). The fourth-order valence-electron chi connectivity index (χ4n) is 2.92. The van der Waals surface area contributed by atoms with Crippen molar-refractivity contribution in [1.82, 2.24) is 14.9 Å². The lowest BCUT2D eigenvalue weighted by atomic mass is 10.2. The lowest BCUT2D eigenvalue weighted by Crippen LogP contribution is -2.36. The second kappa shape index (κ2) is 7.47. The molecule has 0 unspecified atom stereocenters. The Morgan fingerprint density at radius 2 is 1.76 bits per heavy atom. The summed E-state index contributed by atoms with van der Waals surface area (Å²) in [7, 11) is 0. The van der Waals surface area contributed by atoms with Gasteiger partial charge < -0.3 is 10.1 Å². The molecule has 3 aromatic rings. The summed E-state index contributed by atoms with van der Waals surface area (Å²) >= 11 is 3.47. The molecule has 25 heavy (non-hydrogen) atoms. The first kappa shape index (κ1) is 16.4. The van der Waals surface area contributed by atoms with E-state index in [9.17, 15) is 0 Å². The first-order valence-electron chi connectivity index (χ1n) is 8.36. The van der Waals surface area contributed by atoms with Gasteiger partial charge in [0.15, 0.2) is 0 Å². The maximum Gasteiger partial charge on any atom is 0.145 e. The molecule has 128 valence electrons. The summed E-state index contributed by atoms with van der Waals surface area (Å²) in [4.78, 5) is 11.9. The number of aromatic nitrogens is 2. The van der Waals surface area contributed by atoms with Gasteiger partial charge in [-0.1, -0.05) is 28.1 Å². The lowest BCUT2D eigenvalue weighted by molar-refractivity contribution is 0.0331. The molecular weight excluding hydrogens is 380 g/mol. The van der Waals surface area contributed by atoms with Crippen molar-refractivity contribution >= 4 is 38.3 Å². The number of fused-ring (bicyclic) bond motifs is 1. The summed E-state index contributed by atoms with van der Waals surface area (Å²) in [6.07, 6.45) is 0. The topological polar surface area (TPSA) is 50.3 Å². The van der Waals surface area contributed by atoms with Gasteiger partial charge in [0, 0.05) is 28.6 Å². The second-order valence-corrected chi connectivity index (χ2v) is 6.94. The van der Waals surface area contributed by atoms with Crippen LogP contribution in [0, 0.1) is 0 Å². The van der Waals surface area contributed by atoms with E-state index in [-0.39, 0.29) is 0 Å². The van der Waals surface area contributed by atoms with Crippen LogP contribution < -0.4 is 5.32 Å². The lowest BCUT2D eigenvalue weighted by Gasteiger charge is -2.26. The van der Waals surface area contributed by atoms with Crippen LogP contribution in [0.25, 0.3) is 10.9 Å². The number of anilines is 2. The van der Waals surface area contributed by atoms with Gasteiger partial charge in [0.2, 0.25) is 0 Å². The van der Waals surface area contributed by atoms with Crippen LogP contribution in [-0.4, -0.2) is 41.2 Å². The Morgan fingerprint density at radius 1 is 1.00 bits per heavy atom. The molecule has 0 atom stereocenters. The first-order chi connectivity index (χ1) is 12.3. The van der Waals surface area contributed by atoms with E-state index in [1.54, 1.807) is 0 Å².